The summed E-state index contributed by atoms with van der Waals surface area (Å²) in [4.78, 5) is 3.35. The van der Waals surface area contributed by atoms with Crippen molar-refractivity contribution in [2.24, 2.45) is 4.99 Å². The molecule has 0 radical (unpaired) electrons. The third-order valence-electron chi connectivity index (χ3n) is 2.40. The monoisotopic (exact) mass is 323 g/mol. The maximum atomic E-state index is 10.9. The summed E-state index contributed by atoms with van der Waals surface area (Å²) in [5.41, 5.74) is 0. The Bertz CT molecular complexity index is 437. The van der Waals surface area contributed by atoms with Gasteiger partial charge < -0.3 is 25.2 Å². The van der Waals surface area contributed by atoms with Crippen molar-refractivity contribution in [2.75, 3.05) is 6.61 Å². The van der Waals surface area contributed by atoms with E-state index in [1.165, 1.54) is 0 Å². The summed E-state index contributed by atoms with van der Waals surface area (Å²) in [6, 6.07) is -1.56. The second-order valence-corrected chi connectivity index (χ2v) is 4.91. The van der Waals surface area contributed by atoms with Gasteiger partial charge in [-0.15, -0.1) is 0 Å². The van der Waals surface area contributed by atoms with E-state index in [-0.39, 0.29) is 29.6 Å². The summed E-state index contributed by atoms with van der Waals surface area (Å²) in [5, 5.41) is 39.1. The van der Waals surface area contributed by atoms with E-state index in [0.29, 0.717) is 0 Å². The van der Waals surface area contributed by atoms with Crippen molar-refractivity contribution in [1.29, 1.82) is 0 Å². The van der Waals surface area contributed by atoms with Crippen molar-refractivity contribution >= 4 is 16.3 Å². The van der Waals surface area contributed by atoms with Crippen molar-refractivity contribution in [2.45, 2.75) is 37.6 Å². The van der Waals surface area contributed by atoms with Crippen LogP contribution in [-0.4, -0.2) is 71.4 Å². The minimum absolute atomic E-state index is 0. The quantitative estimate of drug-likeness (QED) is 0.170. The number of hydrogen-bond acceptors (Lipinski definition) is 9. The predicted octanol–water partition coefficient (Wildman–Crippen LogP) is -6.60. The van der Waals surface area contributed by atoms with Crippen LogP contribution >= 0.6 is 0 Å². The topological polar surface area (TPSA) is 169 Å². The molecule has 0 saturated carbocycles. The number of rotatable bonds is 4. The van der Waals surface area contributed by atoms with Crippen molar-refractivity contribution in [3.63, 3.8) is 0 Å². The molecule has 4 N–H and O–H groups in total. The van der Waals surface area contributed by atoms with Gasteiger partial charge in [0, 0.05) is 0 Å². The first kappa shape index (κ1) is 20.2. The van der Waals surface area contributed by atoms with E-state index in [2.05, 4.69) is 9.18 Å². The normalized spacial score (nSPS) is 35.5. The summed E-state index contributed by atoms with van der Waals surface area (Å²) in [6.45, 7) is 0.290. The molecule has 10 nitrogen and oxygen atoms in total. The molecule has 1 fully saturated rings. The zero-order valence-electron chi connectivity index (χ0n) is 10.8. The number of aliphatic hydroxyl groups excluding tert-OH is 3. The molecule has 1 heterocycles. The molecule has 0 bridgehead atoms. The van der Waals surface area contributed by atoms with Gasteiger partial charge in [0.15, 0.2) is 6.29 Å². The van der Waals surface area contributed by atoms with E-state index in [1.54, 1.807) is 0 Å². The fraction of sp³-hybridized carbons (Fsp3) is 0.875. The maximum Gasteiger partial charge on any atom is 1.00 e. The minimum atomic E-state index is -4.96. The SMILES string of the molecule is CC([O-])=N[C@H]1C(O)O[C@H](CO)[C@H](O)[C@@H]1OS(=O)(=O)O.[Na+]. The summed E-state index contributed by atoms with van der Waals surface area (Å²) in [5.74, 6) is -0.772. The van der Waals surface area contributed by atoms with Gasteiger partial charge in [0.2, 0.25) is 0 Å². The number of ether oxygens (including phenoxy) is 1. The van der Waals surface area contributed by atoms with E-state index in [1.807, 2.05) is 0 Å². The molecule has 1 aliphatic rings. The smallest absolute Gasteiger partial charge is 0.862 e. The zero-order valence-corrected chi connectivity index (χ0v) is 13.6. The summed E-state index contributed by atoms with van der Waals surface area (Å²) in [7, 11) is -4.96. The Morgan fingerprint density at radius 3 is 2.40 bits per heavy atom. The molecule has 5 atom stereocenters. The standard InChI is InChI=1S/C8H15NO9S.Na/c1-3(11)9-5-7(18-19(14,15)16)6(12)4(2-10)17-8(5)13;/h4-8,10,12-13H,2H2,1H3,(H,9,11)(H,14,15,16);/q;+1/p-1/t4-,5-,6+,7-,8?;/m1./s1. The molecule has 1 unspecified atom stereocenters. The molecule has 12 heteroatoms. The molecular formula is C8H14NNaO9S. The average molecular weight is 323 g/mol. The minimum Gasteiger partial charge on any atom is -0.862 e. The van der Waals surface area contributed by atoms with Crippen LogP contribution in [0, 0.1) is 0 Å². The number of aliphatic hydroxyl groups is 3. The zero-order chi connectivity index (χ0) is 14.8. The van der Waals surface area contributed by atoms with Gasteiger partial charge >= 0.3 is 40.0 Å². The second kappa shape index (κ2) is 7.98. The van der Waals surface area contributed by atoms with Gasteiger partial charge in [0.25, 0.3) is 0 Å². The van der Waals surface area contributed by atoms with Crippen molar-refractivity contribution in [3.05, 3.63) is 0 Å². The van der Waals surface area contributed by atoms with E-state index in [0.717, 1.165) is 6.92 Å². The summed E-state index contributed by atoms with van der Waals surface area (Å²) >= 11 is 0. The Labute approximate surface area is 137 Å². The number of nitrogens with zero attached hydrogens (tertiary/aromatic N) is 1. The molecule has 112 valence electrons. The van der Waals surface area contributed by atoms with Crippen LogP contribution in [-0.2, 0) is 19.3 Å². The van der Waals surface area contributed by atoms with Crippen LogP contribution in [0.2, 0.25) is 0 Å². The van der Waals surface area contributed by atoms with Gasteiger partial charge in [-0.3, -0.25) is 9.55 Å². The van der Waals surface area contributed by atoms with Crippen molar-refractivity contribution in [1.82, 2.24) is 0 Å². The molecular weight excluding hydrogens is 309 g/mol. The van der Waals surface area contributed by atoms with Gasteiger partial charge in [-0.25, -0.2) is 4.18 Å². The van der Waals surface area contributed by atoms with E-state index in [9.17, 15) is 23.7 Å². The molecule has 20 heavy (non-hydrogen) atoms. The second-order valence-electron chi connectivity index (χ2n) is 3.87. The molecule has 1 rings (SSSR count). The third kappa shape index (κ3) is 5.52. The van der Waals surface area contributed by atoms with E-state index in [4.69, 9.17) is 14.4 Å². The molecule has 1 saturated heterocycles. The van der Waals surface area contributed by atoms with Crippen LogP contribution in [0.5, 0.6) is 0 Å². The summed E-state index contributed by atoms with van der Waals surface area (Å²) in [6.07, 6.45) is -6.61. The molecule has 0 aromatic rings. The van der Waals surface area contributed by atoms with Crippen molar-refractivity contribution < 1.29 is 71.9 Å². The number of aliphatic imine (C=N–C) groups is 1. The fourth-order valence-electron chi connectivity index (χ4n) is 1.67. The van der Waals surface area contributed by atoms with Gasteiger partial charge in [-0.2, -0.15) is 8.42 Å². The van der Waals surface area contributed by atoms with E-state index < -0.39 is 53.5 Å². The van der Waals surface area contributed by atoms with E-state index >= 15 is 0 Å². The van der Waals surface area contributed by atoms with Crippen LogP contribution in [0.25, 0.3) is 0 Å². The summed E-state index contributed by atoms with van der Waals surface area (Å²) < 4.78 is 38.9. The van der Waals surface area contributed by atoms with Crippen molar-refractivity contribution in [3.8, 4) is 0 Å². The third-order valence-corrected chi connectivity index (χ3v) is 2.87. The fourth-order valence-corrected chi connectivity index (χ4v) is 2.18. The predicted molar refractivity (Wildman–Crippen MR) is 57.3 cm³/mol. The van der Waals surface area contributed by atoms with Crippen LogP contribution in [0.1, 0.15) is 6.92 Å². The first-order valence-corrected chi connectivity index (χ1v) is 6.51. The molecule has 0 aliphatic carbocycles. The Hall–Kier alpha value is 0.180. The molecule has 0 aromatic carbocycles. The number of hydrogen-bond donors (Lipinski definition) is 4. The van der Waals surface area contributed by atoms with Crippen LogP contribution < -0.4 is 34.7 Å². The Morgan fingerprint density at radius 2 is 2.00 bits per heavy atom. The van der Waals surface area contributed by atoms with Gasteiger partial charge in [0.05, 0.1) is 6.61 Å². The van der Waals surface area contributed by atoms with Gasteiger partial charge in [0.1, 0.15) is 24.4 Å². The molecule has 1 aliphatic heterocycles. The molecule has 0 amide bonds. The Kier molecular flexibility index (Phi) is 8.05. The molecule has 0 spiro atoms. The maximum absolute atomic E-state index is 10.9. The first-order valence-electron chi connectivity index (χ1n) is 5.15. The molecule has 0 aromatic heterocycles. The van der Waals surface area contributed by atoms with Crippen LogP contribution in [0.3, 0.4) is 0 Å². The van der Waals surface area contributed by atoms with Crippen LogP contribution in [0.4, 0.5) is 0 Å². The Balaban J connectivity index is 0.00000361. The Morgan fingerprint density at radius 1 is 1.45 bits per heavy atom. The van der Waals surface area contributed by atoms with Crippen LogP contribution in [0.15, 0.2) is 4.99 Å². The largest absolute Gasteiger partial charge is 1.00 e. The van der Waals surface area contributed by atoms with Gasteiger partial charge in [-0.05, 0) is 12.8 Å². The first-order chi connectivity index (χ1) is 8.65. The average Bonchev–Trinajstić information content (AvgIpc) is 2.26. The van der Waals surface area contributed by atoms with Gasteiger partial charge in [-0.1, -0.05) is 0 Å².